The summed E-state index contributed by atoms with van der Waals surface area (Å²) in [6.07, 6.45) is 1.28. The first kappa shape index (κ1) is 13.7. The van der Waals surface area contributed by atoms with Gasteiger partial charge in [0.2, 0.25) is 0 Å². The standard InChI is InChI=1S/C8H18S2Se2/c1-5-8(4,11-6(2)9)12-7(3)10/h6-7,9-10H,5H2,1-4H3. The molecule has 4 heteroatoms. The fourth-order valence-electron chi connectivity index (χ4n) is 0.916. The summed E-state index contributed by atoms with van der Waals surface area (Å²) in [5.74, 6) is 0. The van der Waals surface area contributed by atoms with E-state index in [0.29, 0.717) is 41.4 Å². The van der Waals surface area contributed by atoms with Crippen molar-refractivity contribution in [3.05, 3.63) is 0 Å². The van der Waals surface area contributed by atoms with Crippen LogP contribution in [0, 0.1) is 0 Å². The van der Waals surface area contributed by atoms with Gasteiger partial charge in [0.05, 0.1) is 0 Å². The van der Waals surface area contributed by atoms with Gasteiger partial charge in [-0.2, -0.15) is 0 Å². The molecule has 0 radical (unpaired) electrons. The molecule has 0 nitrogen and oxygen atoms in total. The maximum absolute atomic E-state index is 4.48. The van der Waals surface area contributed by atoms with E-state index in [-0.39, 0.29) is 0 Å². The molecule has 0 N–H and O–H groups in total. The first-order valence-electron chi connectivity index (χ1n) is 4.11. The van der Waals surface area contributed by atoms with Crippen LogP contribution in [0.25, 0.3) is 0 Å². The molecule has 0 spiro atoms. The zero-order chi connectivity index (χ0) is 9.78. The fraction of sp³-hybridized carbons (Fsp3) is 1.00. The van der Waals surface area contributed by atoms with E-state index in [2.05, 4.69) is 53.0 Å². The molecule has 74 valence electrons. The van der Waals surface area contributed by atoms with Crippen LogP contribution in [0.1, 0.15) is 34.1 Å². The summed E-state index contributed by atoms with van der Waals surface area (Å²) < 4.78 is 1.72. The van der Waals surface area contributed by atoms with Gasteiger partial charge < -0.3 is 0 Å². The normalized spacial score (nSPS) is 21.5. The van der Waals surface area contributed by atoms with Crippen molar-refractivity contribution in [2.75, 3.05) is 0 Å². The van der Waals surface area contributed by atoms with E-state index in [1.165, 1.54) is 6.42 Å². The van der Waals surface area contributed by atoms with E-state index in [0.717, 1.165) is 0 Å². The Kier molecular flexibility index (Phi) is 7.17. The van der Waals surface area contributed by atoms with E-state index >= 15 is 0 Å². The van der Waals surface area contributed by atoms with Crippen molar-refractivity contribution in [1.82, 2.24) is 0 Å². The Labute approximate surface area is 100 Å². The first-order valence-corrected chi connectivity index (χ1v) is 8.84. The van der Waals surface area contributed by atoms with Gasteiger partial charge in [-0.1, -0.05) is 0 Å². The van der Waals surface area contributed by atoms with Crippen LogP contribution in [0.3, 0.4) is 0 Å². The molecular formula is C8H18S2Se2. The van der Waals surface area contributed by atoms with Crippen molar-refractivity contribution < 1.29 is 0 Å². The molecule has 0 aromatic carbocycles. The van der Waals surface area contributed by atoms with Crippen LogP contribution in [-0.4, -0.2) is 38.2 Å². The molecule has 0 aromatic heterocycles. The zero-order valence-electron chi connectivity index (χ0n) is 8.07. The summed E-state index contributed by atoms with van der Waals surface area (Å²) in [4.78, 5) is 0. The number of rotatable bonds is 5. The van der Waals surface area contributed by atoms with E-state index in [1.807, 2.05) is 0 Å². The van der Waals surface area contributed by atoms with Gasteiger partial charge >= 0.3 is 101 Å². The SMILES string of the molecule is CCC(C)([Se]C(C)S)[Se]C(C)S. The molecule has 0 aliphatic rings. The average Bonchev–Trinajstić information content (AvgIpc) is 1.83. The summed E-state index contributed by atoms with van der Waals surface area (Å²) in [6, 6.07) is 0. The summed E-state index contributed by atoms with van der Waals surface area (Å²) in [6.45, 7) is 9.09. The molecular weight excluding hydrogens is 318 g/mol. The predicted molar refractivity (Wildman–Crippen MR) is 67.1 cm³/mol. The fourth-order valence-corrected chi connectivity index (χ4v) is 12.6. The van der Waals surface area contributed by atoms with E-state index in [4.69, 9.17) is 0 Å². The van der Waals surface area contributed by atoms with Crippen LogP contribution < -0.4 is 0 Å². The van der Waals surface area contributed by atoms with Gasteiger partial charge in [0, 0.05) is 0 Å². The van der Waals surface area contributed by atoms with Gasteiger partial charge in [0.25, 0.3) is 0 Å². The van der Waals surface area contributed by atoms with Crippen molar-refractivity contribution in [3.8, 4) is 0 Å². The molecule has 0 aliphatic heterocycles. The van der Waals surface area contributed by atoms with Crippen LogP contribution in [-0.2, 0) is 0 Å². The number of thiol groups is 2. The monoisotopic (exact) mass is 338 g/mol. The molecule has 0 rings (SSSR count). The molecule has 0 aliphatic carbocycles. The minimum atomic E-state index is 0.558. The Morgan fingerprint density at radius 3 is 1.67 bits per heavy atom. The Balaban J connectivity index is 4.04. The van der Waals surface area contributed by atoms with Crippen molar-refractivity contribution in [2.24, 2.45) is 0 Å². The topological polar surface area (TPSA) is 0 Å². The summed E-state index contributed by atoms with van der Waals surface area (Å²) >= 11 is 10.3. The van der Waals surface area contributed by atoms with Crippen LogP contribution >= 0.6 is 25.3 Å². The van der Waals surface area contributed by atoms with E-state index < -0.39 is 0 Å². The van der Waals surface area contributed by atoms with Crippen molar-refractivity contribution in [1.29, 1.82) is 0 Å². The first-order chi connectivity index (χ1) is 5.39. The van der Waals surface area contributed by atoms with Gasteiger partial charge in [0.1, 0.15) is 0 Å². The predicted octanol–water partition coefficient (Wildman–Crippen LogP) is 2.49. The molecule has 0 heterocycles. The Hall–Kier alpha value is 1.74. The summed E-state index contributed by atoms with van der Waals surface area (Å²) in [5, 5.41) is 0. The third-order valence-electron chi connectivity index (χ3n) is 1.48. The molecule has 0 fully saturated rings. The quantitative estimate of drug-likeness (QED) is 0.559. The summed E-state index contributed by atoms with van der Waals surface area (Å²) in [7, 11) is 0. The molecule has 0 bridgehead atoms. The molecule has 0 amide bonds. The van der Waals surface area contributed by atoms with E-state index in [1.54, 1.807) is 0 Å². The molecule has 12 heavy (non-hydrogen) atoms. The number of hydrogen-bond donors (Lipinski definition) is 2. The van der Waals surface area contributed by atoms with Crippen LogP contribution in [0.5, 0.6) is 0 Å². The maximum atomic E-state index is 4.48. The third-order valence-corrected chi connectivity index (χ3v) is 9.41. The second-order valence-corrected chi connectivity index (χ2v) is 15.1. The number of hydrogen-bond acceptors (Lipinski definition) is 2. The molecule has 0 aromatic rings. The van der Waals surface area contributed by atoms with Gasteiger partial charge in [-0.3, -0.25) is 0 Å². The van der Waals surface area contributed by atoms with Crippen molar-refractivity contribution >= 4 is 55.2 Å². The second-order valence-electron chi connectivity index (χ2n) is 2.92. The van der Waals surface area contributed by atoms with E-state index in [9.17, 15) is 0 Å². The zero-order valence-corrected chi connectivity index (χ0v) is 13.3. The van der Waals surface area contributed by atoms with Crippen LogP contribution in [0.2, 0.25) is 3.21 Å². The van der Waals surface area contributed by atoms with Crippen molar-refractivity contribution in [2.45, 2.75) is 45.6 Å². The van der Waals surface area contributed by atoms with Crippen LogP contribution in [0.15, 0.2) is 0 Å². The van der Waals surface area contributed by atoms with Gasteiger partial charge in [-0.05, 0) is 0 Å². The van der Waals surface area contributed by atoms with Gasteiger partial charge in [-0.15, -0.1) is 0 Å². The Morgan fingerprint density at radius 2 is 1.50 bits per heavy atom. The molecule has 0 saturated heterocycles. The van der Waals surface area contributed by atoms with Crippen LogP contribution in [0.4, 0.5) is 0 Å². The average molecular weight is 336 g/mol. The molecule has 2 atom stereocenters. The molecule has 0 saturated carbocycles. The molecule has 2 unspecified atom stereocenters. The third kappa shape index (κ3) is 6.23. The van der Waals surface area contributed by atoms with Gasteiger partial charge in [0.15, 0.2) is 0 Å². The second kappa shape index (κ2) is 6.27. The Bertz CT molecular complexity index is 116. The Morgan fingerprint density at radius 1 is 1.17 bits per heavy atom. The van der Waals surface area contributed by atoms with Gasteiger partial charge in [-0.25, -0.2) is 0 Å². The van der Waals surface area contributed by atoms with Crippen molar-refractivity contribution in [3.63, 3.8) is 0 Å². The summed E-state index contributed by atoms with van der Waals surface area (Å²) in [5.41, 5.74) is 0. The minimum absolute atomic E-state index is 0.558.